The minimum Gasteiger partial charge on any atom is -0.443 e. The third-order valence-electron chi connectivity index (χ3n) is 6.68. The largest absolute Gasteiger partial charge is 0.443 e. The van der Waals surface area contributed by atoms with Gasteiger partial charge in [-0.25, -0.2) is 13.2 Å². The SMILES string of the molecule is Cc1cc(S(=O)(=O)NN2CCO[C@@H](CC(=O)NCc3ccc(/C(N)=N/C(=O)OCc4ccccc4)cc3)C2=O)c(C)cc1Cl. The van der Waals surface area contributed by atoms with E-state index in [2.05, 4.69) is 15.1 Å². The standard InChI is InChI=1S/C30H32ClN5O7S/c1-19-15-26(20(2)14-24(19)31)44(40,41)35-36-12-13-42-25(29(36)38)16-27(37)33-17-21-8-10-23(11-9-21)28(32)34-30(39)43-18-22-6-4-3-5-7-22/h3-11,14-15,25,35H,12-13,16-18H2,1-2H3,(H,33,37)(H2,32,34,39)/t25-/m0/s1. The van der Waals surface area contributed by atoms with Gasteiger partial charge in [-0.2, -0.15) is 4.99 Å². The van der Waals surface area contributed by atoms with E-state index < -0.39 is 34.0 Å². The van der Waals surface area contributed by atoms with Gasteiger partial charge in [-0.05, 0) is 48.2 Å². The molecule has 4 N–H and O–H groups in total. The molecule has 0 aromatic heterocycles. The van der Waals surface area contributed by atoms with E-state index in [1.165, 1.54) is 6.07 Å². The first-order chi connectivity index (χ1) is 20.9. The Morgan fingerprint density at radius 3 is 2.48 bits per heavy atom. The molecule has 232 valence electrons. The van der Waals surface area contributed by atoms with Gasteiger partial charge in [-0.1, -0.05) is 66.2 Å². The monoisotopic (exact) mass is 641 g/mol. The number of sulfonamides is 1. The van der Waals surface area contributed by atoms with Crippen molar-refractivity contribution in [1.29, 1.82) is 0 Å². The average Bonchev–Trinajstić information content (AvgIpc) is 2.99. The van der Waals surface area contributed by atoms with E-state index in [1.807, 2.05) is 30.3 Å². The molecule has 1 saturated heterocycles. The summed E-state index contributed by atoms with van der Waals surface area (Å²) in [6.07, 6.45) is -2.29. The van der Waals surface area contributed by atoms with E-state index >= 15 is 0 Å². The molecular weight excluding hydrogens is 610 g/mol. The third-order valence-corrected chi connectivity index (χ3v) is 8.57. The molecule has 1 aliphatic rings. The number of morpholine rings is 1. The molecule has 44 heavy (non-hydrogen) atoms. The Hall–Kier alpha value is -4.30. The number of carbonyl (C=O) groups excluding carboxylic acids is 3. The van der Waals surface area contributed by atoms with Gasteiger partial charge in [-0.15, -0.1) is 4.83 Å². The maximum atomic E-state index is 13.0. The minimum atomic E-state index is -4.09. The van der Waals surface area contributed by atoms with Crippen molar-refractivity contribution in [3.05, 3.63) is 99.6 Å². The van der Waals surface area contributed by atoms with E-state index in [9.17, 15) is 22.8 Å². The number of nitrogens with one attached hydrogen (secondary N) is 2. The lowest BCUT2D eigenvalue weighted by molar-refractivity contribution is -0.157. The minimum absolute atomic E-state index is 0.00461. The molecule has 1 atom stereocenters. The molecule has 0 bridgehead atoms. The van der Waals surface area contributed by atoms with Crippen LogP contribution in [0.2, 0.25) is 5.02 Å². The van der Waals surface area contributed by atoms with E-state index in [4.69, 9.17) is 26.8 Å². The van der Waals surface area contributed by atoms with Crippen LogP contribution in [0.15, 0.2) is 76.6 Å². The van der Waals surface area contributed by atoms with Gasteiger partial charge < -0.3 is 20.5 Å². The second-order valence-corrected chi connectivity index (χ2v) is 12.1. The topological polar surface area (TPSA) is 169 Å². The molecule has 3 aromatic rings. The van der Waals surface area contributed by atoms with Crippen LogP contribution in [0.1, 0.15) is 34.2 Å². The number of benzene rings is 3. The first kappa shape index (κ1) is 32.6. The van der Waals surface area contributed by atoms with Gasteiger partial charge in [0.2, 0.25) is 5.91 Å². The number of nitrogens with zero attached hydrogens (tertiary/aromatic N) is 2. The Labute approximate surface area is 260 Å². The van der Waals surface area contributed by atoms with Crippen LogP contribution in [0.25, 0.3) is 0 Å². The molecule has 0 saturated carbocycles. The fraction of sp³-hybridized carbons (Fsp3) is 0.267. The number of halogens is 1. The molecule has 1 aliphatic heterocycles. The number of aliphatic imine (C=N–C) groups is 1. The van der Waals surface area contributed by atoms with Crippen molar-refractivity contribution in [3.8, 4) is 0 Å². The molecule has 14 heteroatoms. The van der Waals surface area contributed by atoms with Crippen LogP contribution in [0.4, 0.5) is 4.79 Å². The van der Waals surface area contributed by atoms with Gasteiger partial charge in [0.1, 0.15) is 18.5 Å². The van der Waals surface area contributed by atoms with E-state index in [0.29, 0.717) is 21.7 Å². The maximum absolute atomic E-state index is 13.0. The van der Waals surface area contributed by atoms with Crippen LogP contribution in [-0.2, 0) is 42.2 Å². The van der Waals surface area contributed by atoms with E-state index in [1.54, 1.807) is 44.2 Å². The van der Waals surface area contributed by atoms with Crippen molar-refractivity contribution >= 4 is 45.4 Å². The van der Waals surface area contributed by atoms with E-state index in [-0.39, 0.29) is 43.5 Å². The summed E-state index contributed by atoms with van der Waals surface area (Å²) in [7, 11) is -4.09. The first-order valence-electron chi connectivity index (χ1n) is 13.6. The Kier molecular flexibility index (Phi) is 10.7. The van der Waals surface area contributed by atoms with Crippen molar-refractivity contribution in [3.63, 3.8) is 0 Å². The van der Waals surface area contributed by atoms with Crippen LogP contribution in [0.3, 0.4) is 0 Å². The normalized spacial score (nSPS) is 15.6. The molecule has 0 spiro atoms. The molecule has 1 heterocycles. The smallest absolute Gasteiger partial charge is 0.435 e. The molecule has 0 aliphatic carbocycles. The van der Waals surface area contributed by atoms with Gasteiger partial charge in [0.05, 0.1) is 24.5 Å². The first-order valence-corrected chi connectivity index (χ1v) is 15.4. The molecule has 3 amide bonds. The molecule has 3 aromatic carbocycles. The summed E-state index contributed by atoms with van der Waals surface area (Å²) in [5, 5.41) is 4.09. The van der Waals surface area contributed by atoms with Gasteiger partial charge in [-0.3, -0.25) is 14.6 Å². The van der Waals surface area contributed by atoms with Gasteiger partial charge in [0.25, 0.3) is 15.9 Å². The summed E-state index contributed by atoms with van der Waals surface area (Å²) in [5.74, 6) is -1.17. The Balaban J connectivity index is 1.27. The Bertz CT molecular complexity index is 1660. The van der Waals surface area contributed by atoms with Crippen molar-refractivity contribution < 1.29 is 32.3 Å². The summed E-state index contributed by atoms with van der Waals surface area (Å²) in [6, 6.07) is 18.8. The Morgan fingerprint density at radius 1 is 1.07 bits per heavy atom. The zero-order chi connectivity index (χ0) is 31.9. The number of hydrogen-bond acceptors (Lipinski definition) is 7. The highest BCUT2D eigenvalue weighted by molar-refractivity contribution is 7.89. The fourth-order valence-corrected chi connectivity index (χ4v) is 5.87. The molecule has 0 unspecified atom stereocenters. The maximum Gasteiger partial charge on any atom is 0.435 e. The number of rotatable bonds is 10. The zero-order valence-electron chi connectivity index (χ0n) is 24.1. The number of hydrazine groups is 1. The van der Waals surface area contributed by atoms with Crippen LogP contribution >= 0.6 is 11.6 Å². The molecule has 12 nitrogen and oxygen atoms in total. The third kappa shape index (κ3) is 8.63. The second-order valence-electron chi connectivity index (χ2n) is 10.0. The number of carbonyl (C=O) groups is 3. The number of amidine groups is 1. The highest BCUT2D eigenvalue weighted by Gasteiger charge is 2.34. The van der Waals surface area contributed by atoms with Gasteiger partial charge in [0.15, 0.2) is 0 Å². The second kappa shape index (κ2) is 14.4. The van der Waals surface area contributed by atoms with Gasteiger partial charge >= 0.3 is 6.09 Å². The molecule has 0 radical (unpaired) electrons. The van der Waals surface area contributed by atoms with Crippen molar-refractivity contribution in [2.75, 3.05) is 13.2 Å². The predicted molar refractivity (Wildman–Crippen MR) is 163 cm³/mol. The summed E-state index contributed by atoms with van der Waals surface area (Å²) in [5.41, 5.74) is 8.97. The molecule has 1 fully saturated rings. The zero-order valence-corrected chi connectivity index (χ0v) is 25.7. The lowest BCUT2D eigenvalue weighted by atomic mass is 10.1. The van der Waals surface area contributed by atoms with Crippen LogP contribution < -0.4 is 15.9 Å². The highest BCUT2D eigenvalue weighted by atomic mass is 35.5. The van der Waals surface area contributed by atoms with Crippen molar-refractivity contribution in [2.24, 2.45) is 10.7 Å². The van der Waals surface area contributed by atoms with Crippen LogP contribution in [0.5, 0.6) is 0 Å². The summed E-state index contributed by atoms with van der Waals surface area (Å²) >= 11 is 6.09. The summed E-state index contributed by atoms with van der Waals surface area (Å²) in [4.78, 5) is 43.6. The predicted octanol–water partition coefficient (Wildman–Crippen LogP) is 3.13. The number of amides is 3. The van der Waals surface area contributed by atoms with Crippen molar-refractivity contribution in [2.45, 2.75) is 44.4 Å². The van der Waals surface area contributed by atoms with Crippen LogP contribution in [0, 0.1) is 13.8 Å². The number of hydrogen-bond donors (Lipinski definition) is 3. The summed E-state index contributed by atoms with van der Waals surface area (Å²) in [6.45, 7) is 3.51. The van der Waals surface area contributed by atoms with Gasteiger partial charge in [0, 0.05) is 17.1 Å². The lowest BCUT2D eigenvalue weighted by Crippen LogP contribution is -2.56. The summed E-state index contributed by atoms with van der Waals surface area (Å²) < 4.78 is 36.6. The average molecular weight is 642 g/mol. The van der Waals surface area contributed by atoms with Crippen molar-refractivity contribution in [1.82, 2.24) is 15.2 Å². The quantitative estimate of drug-likeness (QED) is 0.224. The number of aryl methyl sites for hydroxylation is 2. The van der Waals surface area contributed by atoms with Crippen LogP contribution in [-0.4, -0.2) is 56.4 Å². The van der Waals surface area contributed by atoms with E-state index in [0.717, 1.165) is 16.1 Å². The molecular formula is C30H32ClN5O7S. The highest BCUT2D eigenvalue weighted by Crippen LogP contribution is 2.24. The number of nitrogens with two attached hydrogens (primary N) is 1. The molecule has 4 rings (SSSR count). The fourth-order valence-electron chi connectivity index (χ4n) is 4.27. The Morgan fingerprint density at radius 2 is 1.77 bits per heavy atom. The number of ether oxygens (including phenoxy) is 2. The lowest BCUT2D eigenvalue weighted by Gasteiger charge is -2.32.